The van der Waals surface area contributed by atoms with E-state index >= 15 is 0 Å². The average molecular weight is 306 g/mol. The number of carbonyl (C=O) groups excluding carboxylic acids is 1. The van der Waals surface area contributed by atoms with E-state index in [2.05, 4.69) is 5.10 Å². The predicted molar refractivity (Wildman–Crippen MR) is 88.8 cm³/mol. The van der Waals surface area contributed by atoms with Crippen molar-refractivity contribution in [3.05, 3.63) is 77.6 Å². The normalized spacial score (nSPS) is 10.5. The fourth-order valence-corrected chi connectivity index (χ4v) is 2.55. The van der Waals surface area contributed by atoms with Gasteiger partial charge in [-0.15, -0.1) is 0 Å². The molecule has 0 bridgehead atoms. The van der Waals surface area contributed by atoms with Crippen LogP contribution in [0.2, 0.25) is 0 Å². The zero-order chi connectivity index (χ0) is 16.2. The molecule has 0 saturated carbocycles. The molecule has 3 rings (SSSR count). The molecule has 0 N–H and O–H groups in total. The Bertz CT molecular complexity index is 808. The number of aryl methyl sites for hydroxylation is 1. The number of aromatic nitrogens is 2. The average Bonchev–Trinajstić information content (AvgIpc) is 2.85. The van der Waals surface area contributed by atoms with Gasteiger partial charge in [0.05, 0.1) is 17.8 Å². The van der Waals surface area contributed by atoms with Crippen molar-refractivity contribution in [1.29, 1.82) is 0 Å². The van der Waals surface area contributed by atoms with Crippen LogP contribution < -0.4 is 4.74 Å². The number of rotatable bonds is 4. The first-order valence-corrected chi connectivity index (χ1v) is 7.51. The van der Waals surface area contributed by atoms with Crippen LogP contribution in [0.15, 0.2) is 60.7 Å². The van der Waals surface area contributed by atoms with E-state index in [1.165, 1.54) is 0 Å². The van der Waals surface area contributed by atoms with E-state index in [4.69, 9.17) is 4.74 Å². The smallest absolute Gasteiger partial charge is 0.315 e. The summed E-state index contributed by atoms with van der Waals surface area (Å²) >= 11 is 0. The lowest BCUT2D eigenvalue weighted by Crippen LogP contribution is -2.12. The molecule has 4 nitrogen and oxygen atoms in total. The molecule has 0 aliphatic heterocycles. The van der Waals surface area contributed by atoms with Gasteiger partial charge in [-0.2, -0.15) is 5.10 Å². The molecular weight excluding hydrogens is 288 g/mol. The first-order chi connectivity index (χ1) is 11.1. The summed E-state index contributed by atoms with van der Waals surface area (Å²) in [6.07, 6.45) is 0.208. The van der Waals surface area contributed by atoms with Crippen LogP contribution in [0, 0.1) is 13.8 Å². The highest BCUT2D eigenvalue weighted by atomic mass is 16.5. The molecular formula is C19H18N2O2. The van der Waals surface area contributed by atoms with Gasteiger partial charge in [-0.05, 0) is 38.1 Å². The third-order valence-electron chi connectivity index (χ3n) is 3.74. The maximum Gasteiger partial charge on any atom is 0.315 e. The van der Waals surface area contributed by atoms with E-state index in [0.717, 1.165) is 22.6 Å². The highest BCUT2D eigenvalue weighted by Gasteiger charge is 2.17. The third kappa shape index (κ3) is 3.31. The number of esters is 1. The fourth-order valence-electron chi connectivity index (χ4n) is 2.55. The van der Waals surface area contributed by atoms with Gasteiger partial charge in [-0.3, -0.25) is 4.79 Å². The van der Waals surface area contributed by atoms with E-state index in [1.54, 1.807) is 12.1 Å². The van der Waals surface area contributed by atoms with E-state index in [-0.39, 0.29) is 12.4 Å². The highest BCUT2D eigenvalue weighted by Crippen LogP contribution is 2.19. The number of benzene rings is 2. The standard InChI is InChI=1S/C19H18N2O2/c1-14-18(13-19(22)23-17-11-7-4-8-12-17)15(2)21(20-14)16-9-5-3-6-10-16/h3-12H,13H2,1-2H3. The Kier molecular flexibility index (Phi) is 4.24. The summed E-state index contributed by atoms with van der Waals surface area (Å²) in [5.74, 6) is 0.276. The summed E-state index contributed by atoms with van der Waals surface area (Å²) in [5.41, 5.74) is 3.70. The van der Waals surface area contributed by atoms with E-state index in [0.29, 0.717) is 5.75 Å². The molecule has 1 aromatic heterocycles. The molecule has 0 atom stereocenters. The predicted octanol–water partition coefficient (Wildman–Crippen LogP) is 3.64. The molecule has 4 heteroatoms. The second-order valence-electron chi connectivity index (χ2n) is 5.36. The molecule has 0 spiro atoms. The maximum atomic E-state index is 12.2. The number of nitrogens with zero attached hydrogens (tertiary/aromatic N) is 2. The van der Waals surface area contributed by atoms with Crippen LogP contribution in [0.4, 0.5) is 0 Å². The van der Waals surface area contributed by atoms with Crippen LogP contribution in [0.25, 0.3) is 5.69 Å². The summed E-state index contributed by atoms with van der Waals surface area (Å²) in [5, 5.41) is 4.55. The van der Waals surface area contributed by atoms with E-state index < -0.39 is 0 Å². The number of para-hydroxylation sites is 2. The number of hydrogen-bond donors (Lipinski definition) is 0. The molecule has 0 aliphatic rings. The van der Waals surface area contributed by atoms with Crippen molar-refractivity contribution >= 4 is 5.97 Å². The second kappa shape index (κ2) is 6.48. The largest absolute Gasteiger partial charge is 0.426 e. The number of hydrogen-bond acceptors (Lipinski definition) is 3. The van der Waals surface area contributed by atoms with Crippen molar-refractivity contribution in [3.63, 3.8) is 0 Å². The SMILES string of the molecule is Cc1nn(-c2ccccc2)c(C)c1CC(=O)Oc1ccccc1. The summed E-state index contributed by atoms with van der Waals surface area (Å²) in [6, 6.07) is 19.0. The van der Waals surface area contributed by atoms with Crippen molar-refractivity contribution in [2.24, 2.45) is 0 Å². The van der Waals surface area contributed by atoms with Gasteiger partial charge in [0.25, 0.3) is 0 Å². The van der Waals surface area contributed by atoms with Gasteiger partial charge < -0.3 is 4.74 Å². The van der Waals surface area contributed by atoms with Gasteiger partial charge in [0, 0.05) is 11.3 Å². The van der Waals surface area contributed by atoms with Gasteiger partial charge in [0.2, 0.25) is 0 Å². The quantitative estimate of drug-likeness (QED) is 0.546. The van der Waals surface area contributed by atoms with Crippen LogP contribution in [0.5, 0.6) is 5.75 Å². The molecule has 116 valence electrons. The number of ether oxygens (including phenoxy) is 1. The van der Waals surface area contributed by atoms with Crippen LogP contribution in [0.1, 0.15) is 17.0 Å². The first kappa shape index (κ1) is 15.0. The molecule has 3 aromatic rings. The lowest BCUT2D eigenvalue weighted by atomic mass is 10.1. The molecule has 0 fully saturated rings. The molecule has 0 saturated heterocycles. The molecule has 0 unspecified atom stereocenters. The zero-order valence-electron chi connectivity index (χ0n) is 13.2. The van der Waals surface area contributed by atoms with Crippen molar-refractivity contribution in [2.45, 2.75) is 20.3 Å². The van der Waals surface area contributed by atoms with Gasteiger partial charge >= 0.3 is 5.97 Å². The molecule has 2 aromatic carbocycles. The monoisotopic (exact) mass is 306 g/mol. The Morgan fingerprint density at radius 1 is 1.00 bits per heavy atom. The van der Waals surface area contributed by atoms with Gasteiger partial charge in [0.1, 0.15) is 5.75 Å². The lowest BCUT2D eigenvalue weighted by molar-refractivity contribution is -0.133. The minimum atomic E-state index is -0.282. The van der Waals surface area contributed by atoms with Gasteiger partial charge in [0.15, 0.2) is 0 Å². The highest BCUT2D eigenvalue weighted by molar-refractivity contribution is 5.75. The minimum absolute atomic E-state index is 0.208. The van der Waals surface area contributed by atoms with E-state index in [1.807, 2.05) is 67.1 Å². The Labute approximate surface area is 135 Å². The Morgan fingerprint density at radius 3 is 2.26 bits per heavy atom. The van der Waals surface area contributed by atoms with Crippen LogP contribution in [0.3, 0.4) is 0 Å². The topological polar surface area (TPSA) is 44.1 Å². The third-order valence-corrected chi connectivity index (χ3v) is 3.74. The van der Waals surface area contributed by atoms with Crippen molar-refractivity contribution in [2.75, 3.05) is 0 Å². The van der Waals surface area contributed by atoms with Gasteiger partial charge in [-0.25, -0.2) is 4.68 Å². The molecule has 23 heavy (non-hydrogen) atoms. The molecule has 1 heterocycles. The first-order valence-electron chi connectivity index (χ1n) is 7.51. The molecule has 0 amide bonds. The summed E-state index contributed by atoms with van der Waals surface area (Å²) in [4.78, 5) is 12.2. The zero-order valence-corrected chi connectivity index (χ0v) is 13.2. The van der Waals surface area contributed by atoms with Gasteiger partial charge in [-0.1, -0.05) is 36.4 Å². The maximum absolute atomic E-state index is 12.2. The van der Waals surface area contributed by atoms with E-state index in [9.17, 15) is 4.79 Å². The lowest BCUT2D eigenvalue weighted by Gasteiger charge is -2.06. The second-order valence-corrected chi connectivity index (χ2v) is 5.36. The molecule has 0 aliphatic carbocycles. The van der Waals surface area contributed by atoms with Crippen LogP contribution in [-0.2, 0) is 11.2 Å². The number of carbonyl (C=O) groups is 1. The Hall–Kier alpha value is -2.88. The van der Waals surface area contributed by atoms with Crippen molar-refractivity contribution in [1.82, 2.24) is 9.78 Å². The summed E-state index contributed by atoms with van der Waals surface area (Å²) in [6.45, 7) is 3.88. The minimum Gasteiger partial charge on any atom is -0.426 e. The van der Waals surface area contributed by atoms with Crippen LogP contribution in [-0.4, -0.2) is 15.7 Å². The Morgan fingerprint density at radius 2 is 1.61 bits per heavy atom. The fraction of sp³-hybridized carbons (Fsp3) is 0.158. The van der Waals surface area contributed by atoms with Crippen LogP contribution >= 0.6 is 0 Å². The summed E-state index contributed by atoms with van der Waals surface area (Å²) in [7, 11) is 0. The molecule has 0 radical (unpaired) electrons. The summed E-state index contributed by atoms with van der Waals surface area (Å²) < 4.78 is 7.23. The Balaban J connectivity index is 1.81. The van der Waals surface area contributed by atoms with Crippen molar-refractivity contribution in [3.8, 4) is 11.4 Å². The van der Waals surface area contributed by atoms with Crippen molar-refractivity contribution < 1.29 is 9.53 Å².